The molecule has 0 saturated carbocycles. The molecular formula is C18H19Cl3N2O2. The zero-order chi connectivity index (χ0) is 17.1. The maximum Gasteiger partial charge on any atom is 0.257 e. The number of rotatable bonds is 4. The SMILES string of the molecule is Cl.N[C@@H]1CCN(C(=O)c2ccccc2OCc2ccc(Cl)cc2Cl)C1. The van der Waals surface area contributed by atoms with Crippen LogP contribution in [0.4, 0.5) is 0 Å². The maximum atomic E-state index is 12.7. The first kappa shape index (κ1) is 19.9. The van der Waals surface area contributed by atoms with Crippen LogP contribution in [0.2, 0.25) is 10.0 Å². The minimum absolute atomic E-state index is 0. The number of para-hydroxylation sites is 1. The molecule has 2 aromatic carbocycles. The van der Waals surface area contributed by atoms with E-state index in [1.165, 1.54) is 0 Å². The van der Waals surface area contributed by atoms with Gasteiger partial charge >= 0.3 is 0 Å². The van der Waals surface area contributed by atoms with E-state index in [1.54, 1.807) is 29.2 Å². The van der Waals surface area contributed by atoms with E-state index in [9.17, 15) is 4.79 Å². The number of hydrogen-bond donors (Lipinski definition) is 1. The molecule has 2 N–H and O–H groups in total. The molecule has 25 heavy (non-hydrogen) atoms. The number of amides is 1. The molecule has 1 aliphatic rings. The van der Waals surface area contributed by atoms with E-state index in [1.807, 2.05) is 18.2 Å². The van der Waals surface area contributed by atoms with Crippen LogP contribution in [0.15, 0.2) is 42.5 Å². The Morgan fingerprint density at radius 3 is 2.68 bits per heavy atom. The summed E-state index contributed by atoms with van der Waals surface area (Å²) < 4.78 is 5.85. The second kappa shape index (κ2) is 8.77. The predicted molar refractivity (Wildman–Crippen MR) is 103 cm³/mol. The lowest BCUT2D eigenvalue weighted by atomic mass is 10.1. The third-order valence-corrected chi connectivity index (χ3v) is 4.61. The molecule has 0 spiro atoms. The number of ether oxygens (including phenoxy) is 1. The molecule has 7 heteroatoms. The van der Waals surface area contributed by atoms with Gasteiger partial charge in [0.25, 0.3) is 5.91 Å². The van der Waals surface area contributed by atoms with Gasteiger partial charge in [-0.25, -0.2) is 0 Å². The lowest BCUT2D eigenvalue weighted by Crippen LogP contribution is -2.32. The van der Waals surface area contributed by atoms with Gasteiger partial charge in [0.15, 0.2) is 0 Å². The first-order valence-corrected chi connectivity index (χ1v) is 8.51. The smallest absolute Gasteiger partial charge is 0.257 e. The van der Waals surface area contributed by atoms with E-state index in [-0.39, 0.29) is 31.0 Å². The largest absolute Gasteiger partial charge is 0.488 e. The normalized spacial score (nSPS) is 16.4. The van der Waals surface area contributed by atoms with Gasteiger partial charge in [-0.3, -0.25) is 4.79 Å². The number of nitrogens with two attached hydrogens (primary N) is 1. The summed E-state index contributed by atoms with van der Waals surface area (Å²) >= 11 is 12.1. The Kier molecular flexibility index (Phi) is 6.96. The van der Waals surface area contributed by atoms with Crippen molar-refractivity contribution in [2.75, 3.05) is 13.1 Å². The fraction of sp³-hybridized carbons (Fsp3) is 0.278. The van der Waals surface area contributed by atoms with Gasteiger partial charge in [0.2, 0.25) is 0 Å². The summed E-state index contributed by atoms with van der Waals surface area (Å²) in [5.41, 5.74) is 7.24. The molecule has 0 bridgehead atoms. The van der Waals surface area contributed by atoms with Crippen molar-refractivity contribution in [3.05, 3.63) is 63.6 Å². The van der Waals surface area contributed by atoms with Gasteiger partial charge in [-0.1, -0.05) is 41.4 Å². The number of nitrogens with zero attached hydrogens (tertiary/aromatic N) is 1. The molecule has 1 atom stereocenters. The van der Waals surface area contributed by atoms with Crippen LogP contribution in [-0.2, 0) is 6.61 Å². The second-order valence-electron chi connectivity index (χ2n) is 5.82. The van der Waals surface area contributed by atoms with Crippen molar-refractivity contribution in [3.63, 3.8) is 0 Å². The molecule has 1 amide bonds. The zero-order valence-electron chi connectivity index (χ0n) is 13.5. The topological polar surface area (TPSA) is 55.6 Å². The summed E-state index contributed by atoms with van der Waals surface area (Å²) in [7, 11) is 0. The molecule has 0 aromatic heterocycles. The molecule has 0 aliphatic carbocycles. The van der Waals surface area contributed by atoms with Crippen LogP contribution in [-0.4, -0.2) is 29.9 Å². The lowest BCUT2D eigenvalue weighted by Gasteiger charge is -2.18. The Hall–Kier alpha value is -1.46. The first-order chi connectivity index (χ1) is 11.5. The third-order valence-electron chi connectivity index (χ3n) is 4.03. The highest BCUT2D eigenvalue weighted by molar-refractivity contribution is 6.35. The van der Waals surface area contributed by atoms with Gasteiger partial charge in [-0.15, -0.1) is 12.4 Å². The van der Waals surface area contributed by atoms with E-state index < -0.39 is 0 Å². The molecule has 1 heterocycles. The molecule has 3 rings (SSSR count). The molecule has 2 aromatic rings. The van der Waals surface area contributed by atoms with Crippen molar-refractivity contribution in [1.82, 2.24) is 4.90 Å². The number of benzene rings is 2. The Morgan fingerprint density at radius 1 is 1.24 bits per heavy atom. The highest BCUT2D eigenvalue weighted by atomic mass is 35.5. The summed E-state index contributed by atoms with van der Waals surface area (Å²) in [6.45, 7) is 1.52. The molecule has 134 valence electrons. The molecular weight excluding hydrogens is 383 g/mol. The van der Waals surface area contributed by atoms with Crippen molar-refractivity contribution in [2.24, 2.45) is 5.73 Å². The van der Waals surface area contributed by atoms with Gasteiger partial charge in [0.05, 0.1) is 5.56 Å². The number of halogens is 3. The van der Waals surface area contributed by atoms with Crippen LogP contribution < -0.4 is 10.5 Å². The third kappa shape index (κ3) is 4.79. The Balaban J connectivity index is 0.00000225. The van der Waals surface area contributed by atoms with Crippen LogP contribution in [0.3, 0.4) is 0 Å². The average Bonchev–Trinajstić information content (AvgIpc) is 3.00. The summed E-state index contributed by atoms with van der Waals surface area (Å²) in [4.78, 5) is 14.4. The van der Waals surface area contributed by atoms with Crippen LogP contribution >= 0.6 is 35.6 Å². The standard InChI is InChI=1S/C18H18Cl2N2O2.ClH/c19-13-6-5-12(16(20)9-13)11-24-17-4-2-1-3-15(17)18(23)22-8-7-14(21)10-22;/h1-6,9,14H,7-8,10-11,21H2;1H/t14-;/m1./s1. The average molecular weight is 402 g/mol. The Bertz CT molecular complexity index is 755. The van der Waals surface area contributed by atoms with Gasteiger partial charge < -0.3 is 15.4 Å². The van der Waals surface area contributed by atoms with E-state index in [2.05, 4.69) is 0 Å². The van der Waals surface area contributed by atoms with E-state index in [0.29, 0.717) is 34.4 Å². The number of carbonyl (C=O) groups is 1. The molecule has 0 radical (unpaired) electrons. The Labute approximate surface area is 163 Å². The molecule has 0 unspecified atom stereocenters. The minimum atomic E-state index is -0.0549. The number of hydrogen-bond acceptors (Lipinski definition) is 3. The molecule has 1 fully saturated rings. The summed E-state index contributed by atoms with van der Waals surface area (Å²) in [5.74, 6) is 0.481. The monoisotopic (exact) mass is 400 g/mol. The van der Waals surface area contributed by atoms with E-state index in [0.717, 1.165) is 12.0 Å². The van der Waals surface area contributed by atoms with Gasteiger partial charge in [-0.05, 0) is 30.7 Å². The number of carbonyl (C=O) groups excluding carboxylic acids is 1. The molecule has 1 aliphatic heterocycles. The van der Waals surface area contributed by atoms with E-state index in [4.69, 9.17) is 33.7 Å². The molecule has 1 saturated heterocycles. The maximum absolute atomic E-state index is 12.7. The van der Waals surface area contributed by atoms with Crippen LogP contribution in [0, 0.1) is 0 Å². The van der Waals surface area contributed by atoms with Gasteiger partial charge in [-0.2, -0.15) is 0 Å². The van der Waals surface area contributed by atoms with Crippen LogP contribution in [0.25, 0.3) is 0 Å². The molecule has 4 nitrogen and oxygen atoms in total. The fourth-order valence-corrected chi connectivity index (χ4v) is 3.17. The van der Waals surface area contributed by atoms with Crippen LogP contribution in [0.1, 0.15) is 22.3 Å². The highest BCUT2D eigenvalue weighted by Gasteiger charge is 2.26. The first-order valence-electron chi connectivity index (χ1n) is 7.75. The number of likely N-dealkylation sites (tertiary alicyclic amines) is 1. The summed E-state index contributed by atoms with van der Waals surface area (Å²) in [6, 6.07) is 12.5. The minimum Gasteiger partial charge on any atom is -0.488 e. The van der Waals surface area contributed by atoms with Crippen molar-refractivity contribution in [1.29, 1.82) is 0 Å². The Morgan fingerprint density at radius 2 is 2.00 bits per heavy atom. The predicted octanol–water partition coefficient (Wildman–Crippen LogP) is 4.17. The quantitative estimate of drug-likeness (QED) is 0.836. The second-order valence-corrected chi connectivity index (χ2v) is 6.66. The highest BCUT2D eigenvalue weighted by Crippen LogP contribution is 2.26. The van der Waals surface area contributed by atoms with Crippen LogP contribution in [0.5, 0.6) is 5.75 Å². The zero-order valence-corrected chi connectivity index (χ0v) is 15.8. The lowest BCUT2D eigenvalue weighted by molar-refractivity contribution is 0.0786. The van der Waals surface area contributed by atoms with Crippen molar-refractivity contribution >= 4 is 41.5 Å². The van der Waals surface area contributed by atoms with Crippen molar-refractivity contribution < 1.29 is 9.53 Å². The van der Waals surface area contributed by atoms with Gasteiger partial charge in [0, 0.05) is 34.7 Å². The van der Waals surface area contributed by atoms with E-state index >= 15 is 0 Å². The fourth-order valence-electron chi connectivity index (χ4n) is 2.71. The summed E-state index contributed by atoms with van der Waals surface area (Å²) in [5, 5.41) is 1.11. The summed E-state index contributed by atoms with van der Waals surface area (Å²) in [6.07, 6.45) is 0.829. The van der Waals surface area contributed by atoms with Crippen molar-refractivity contribution in [3.8, 4) is 5.75 Å². The van der Waals surface area contributed by atoms with Gasteiger partial charge in [0.1, 0.15) is 12.4 Å². The van der Waals surface area contributed by atoms with Crippen molar-refractivity contribution in [2.45, 2.75) is 19.1 Å².